The maximum Gasteiger partial charge on any atom is 0.408 e. The Morgan fingerprint density at radius 2 is 1.84 bits per heavy atom. The number of alkyl carbamates (subject to hydrolysis) is 1. The lowest BCUT2D eigenvalue weighted by molar-refractivity contribution is -0.140. The molecule has 3 N–H and O–H groups in total. The fraction of sp³-hybridized carbons (Fsp3) is 0.444. The number of hydrogen-bond donors (Lipinski definition) is 4. The molecule has 8 nitrogen and oxygen atoms in total. The van der Waals surface area contributed by atoms with Gasteiger partial charge in [0.2, 0.25) is 5.91 Å². The van der Waals surface area contributed by atoms with Gasteiger partial charge >= 0.3 is 6.09 Å². The first-order chi connectivity index (χ1) is 17.4. The second-order valence-corrected chi connectivity index (χ2v) is 10.5. The molecule has 2 unspecified atom stereocenters. The Bertz CT molecular complexity index is 1090. The number of nitrogens with zero attached hydrogens (tertiary/aromatic N) is 1. The fourth-order valence-corrected chi connectivity index (χ4v) is 4.20. The molecule has 37 heavy (non-hydrogen) atoms. The number of phenols is 1. The van der Waals surface area contributed by atoms with Gasteiger partial charge in [-0.15, -0.1) is 0 Å². The monoisotopic (exact) mass is 549 g/mol. The number of unbranched alkanes of at least 4 members (excludes halogenated alkanes) is 1. The molecule has 2 atom stereocenters. The molecule has 0 heterocycles. The van der Waals surface area contributed by atoms with Crippen molar-refractivity contribution in [1.82, 2.24) is 10.2 Å². The smallest absolute Gasteiger partial charge is 0.408 e. The number of phenolic OH excluding ortho intramolecular Hbond substituents is 1. The highest BCUT2D eigenvalue weighted by Crippen LogP contribution is 2.30. The van der Waals surface area contributed by atoms with E-state index in [1.807, 2.05) is 19.9 Å². The summed E-state index contributed by atoms with van der Waals surface area (Å²) >= 11 is 10.6. The van der Waals surface area contributed by atoms with Crippen LogP contribution in [0.2, 0.25) is 5.02 Å². The molecule has 10 heteroatoms. The van der Waals surface area contributed by atoms with Crippen LogP contribution in [-0.4, -0.2) is 51.9 Å². The minimum Gasteiger partial charge on any atom is -0.508 e. The first-order valence-electron chi connectivity index (χ1n) is 12.1. The van der Waals surface area contributed by atoms with Crippen LogP contribution in [0.3, 0.4) is 0 Å². The lowest BCUT2D eigenvalue weighted by Gasteiger charge is -2.34. The van der Waals surface area contributed by atoms with E-state index < -0.39 is 35.6 Å². The average Bonchev–Trinajstić information content (AvgIpc) is 2.81. The number of carbonyl (C=O) groups is 3. The topological polar surface area (TPSA) is 108 Å². The zero-order chi connectivity index (χ0) is 27.8. The Labute approximate surface area is 229 Å². The molecular formula is C27H36ClN3O5S. The molecule has 0 bridgehead atoms. The number of halogens is 1. The van der Waals surface area contributed by atoms with Gasteiger partial charge in [0.05, 0.1) is 10.7 Å². The zero-order valence-electron chi connectivity index (χ0n) is 21.9. The van der Waals surface area contributed by atoms with Crippen LogP contribution in [0.4, 0.5) is 10.5 Å². The van der Waals surface area contributed by atoms with Gasteiger partial charge in [0.15, 0.2) is 0 Å². The predicted octanol–water partition coefficient (Wildman–Crippen LogP) is 5.49. The van der Waals surface area contributed by atoms with Crippen LogP contribution in [0, 0.1) is 6.92 Å². The molecule has 0 aromatic heterocycles. The van der Waals surface area contributed by atoms with Crippen LogP contribution in [-0.2, 0) is 14.3 Å². The predicted molar refractivity (Wildman–Crippen MR) is 149 cm³/mol. The number of ether oxygens (including phenoxy) is 1. The minimum absolute atomic E-state index is 0.0152. The number of aryl methyl sites for hydroxylation is 1. The van der Waals surface area contributed by atoms with Gasteiger partial charge in [-0.3, -0.25) is 9.59 Å². The van der Waals surface area contributed by atoms with Crippen molar-refractivity contribution < 1.29 is 24.2 Å². The first-order valence-corrected chi connectivity index (χ1v) is 13.1. The molecule has 0 fully saturated rings. The highest BCUT2D eigenvalue weighted by Gasteiger charge is 2.36. The highest BCUT2D eigenvalue weighted by atomic mass is 35.5. The number of anilines is 1. The summed E-state index contributed by atoms with van der Waals surface area (Å²) in [6.45, 7) is 9.16. The molecule has 0 aliphatic rings. The van der Waals surface area contributed by atoms with Gasteiger partial charge in [0.25, 0.3) is 5.91 Å². The molecule has 0 saturated heterocycles. The van der Waals surface area contributed by atoms with Crippen molar-refractivity contribution >= 4 is 47.8 Å². The molecule has 0 aliphatic carbocycles. The second-order valence-electron chi connectivity index (χ2n) is 9.69. The molecular weight excluding hydrogens is 514 g/mol. The Balaban J connectivity index is 2.51. The third kappa shape index (κ3) is 8.86. The molecule has 0 aliphatic heterocycles. The van der Waals surface area contributed by atoms with Crippen LogP contribution >= 0.6 is 24.2 Å². The fourth-order valence-electron chi connectivity index (χ4n) is 3.68. The molecule has 2 rings (SSSR count). The standard InChI is InChI=1S/C27H36ClN3O5S/c1-6-7-14-31(25(34)21(16-37)29-26(35)36-27(3,4)5)23(18-11-9-12-19(32)15-18)24(33)30-22-17(2)10-8-13-20(22)28/h8-13,15,21,23,32,37H,6-7,14,16H2,1-5H3,(H,29,35)(H,30,33). The van der Waals surface area contributed by atoms with Gasteiger partial charge in [-0.05, 0) is 63.4 Å². The maximum atomic E-state index is 13.8. The summed E-state index contributed by atoms with van der Waals surface area (Å²) in [7, 11) is 0. The lowest BCUT2D eigenvalue weighted by atomic mass is 10.0. The van der Waals surface area contributed by atoms with Crippen molar-refractivity contribution in [3.63, 3.8) is 0 Å². The van der Waals surface area contributed by atoms with Crippen molar-refractivity contribution in [2.24, 2.45) is 0 Å². The van der Waals surface area contributed by atoms with E-state index in [4.69, 9.17) is 16.3 Å². The van der Waals surface area contributed by atoms with E-state index in [-0.39, 0.29) is 18.0 Å². The van der Waals surface area contributed by atoms with E-state index >= 15 is 0 Å². The highest BCUT2D eigenvalue weighted by molar-refractivity contribution is 7.80. The summed E-state index contributed by atoms with van der Waals surface area (Å²) in [5, 5.41) is 15.9. The van der Waals surface area contributed by atoms with Crippen molar-refractivity contribution in [3.8, 4) is 5.75 Å². The molecule has 3 amide bonds. The molecule has 202 valence electrons. The molecule has 2 aromatic rings. The number of carbonyl (C=O) groups excluding carboxylic acids is 3. The van der Waals surface area contributed by atoms with Crippen LogP contribution in [0.25, 0.3) is 0 Å². The molecule has 0 radical (unpaired) electrons. The van der Waals surface area contributed by atoms with E-state index in [0.29, 0.717) is 22.7 Å². The van der Waals surface area contributed by atoms with Crippen molar-refractivity contribution in [1.29, 1.82) is 0 Å². The number of para-hydroxylation sites is 1. The van der Waals surface area contributed by atoms with Crippen molar-refractivity contribution in [2.75, 3.05) is 17.6 Å². The van der Waals surface area contributed by atoms with Crippen LogP contribution in [0.5, 0.6) is 5.75 Å². The van der Waals surface area contributed by atoms with Crippen molar-refractivity contribution in [2.45, 2.75) is 65.1 Å². The van der Waals surface area contributed by atoms with Gasteiger partial charge in [-0.2, -0.15) is 12.6 Å². The van der Waals surface area contributed by atoms with Crippen molar-refractivity contribution in [3.05, 3.63) is 58.6 Å². The third-order valence-electron chi connectivity index (χ3n) is 5.42. The zero-order valence-corrected chi connectivity index (χ0v) is 23.5. The van der Waals surface area contributed by atoms with E-state index in [0.717, 1.165) is 12.0 Å². The Hall–Kier alpha value is -2.91. The third-order valence-corrected chi connectivity index (χ3v) is 6.10. The summed E-state index contributed by atoms with van der Waals surface area (Å²) in [5.41, 5.74) is 0.830. The summed E-state index contributed by atoms with van der Waals surface area (Å²) < 4.78 is 5.31. The van der Waals surface area contributed by atoms with Gasteiger partial charge < -0.3 is 25.4 Å². The molecule has 0 spiro atoms. The normalized spacial score (nSPS) is 12.8. The Kier molecular flexibility index (Phi) is 11.1. The minimum atomic E-state index is -1.12. The number of rotatable bonds is 10. The summed E-state index contributed by atoms with van der Waals surface area (Å²) in [6, 6.07) is 9.26. The van der Waals surface area contributed by atoms with Crippen LogP contribution < -0.4 is 10.6 Å². The number of aromatic hydroxyl groups is 1. The number of amides is 3. The quantitative estimate of drug-likeness (QED) is 0.293. The molecule has 0 saturated carbocycles. The van der Waals surface area contributed by atoms with Gasteiger partial charge in [0.1, 0.15) is 23.4 Å². The Morgan fingerprint density at radius 1 is 1.16 bits per heavy atom. The first kappa shape index (κ1) is 30.3. The number of nitrogens with one attached hydrogen (secondary N) is 2. The Morgan fingerprint density at radius 3 is 2.41 bits per heavy atom. The van der Waals surface area contributed by atoms with Gasteiger partial charge in [-0.25, -0.2) is 4.79 Å². The maximum absolute atomic E-state index is 13.8. The van der Waals surface area contributed by atoms with E-state index in [2.05, 4.69) is 23.3 Å². The SMILES string of the molecule is CCCCN(C(=O)C(CS)NC(=O)OC(C)(C)C)C(C(=O)Nc1c(C)cccc1Cl)c1cccc(O)c1. The summed E-state index contributed by atoms with van der Waals surface area (Å²) in [6.07, 6.45) is 0.596. The van der Waals surface area contributed by atoms with Crippen LogP contribution in [0.15, 0.2) is 42.5 Å². The molecule has 2 aromatic carbocycles. The number of thiol groups is 1. The van der Waals surface area contributed by atoms with Gasteiger partial charge in [0, 0.05) is 12.3 Å². The number of benzene rings is 2. The lowest BCUT2D eigenvalue weighted by Crippen LogP contribution is -2.53. The van der Waals surface area contributed by atoms with Crippen LogP contribution in [0.1, 0.15) is 57.7 Å². The van der Waals surface area contributed by atoms with E-state index in [1.165, 1.54) is 17.0 Å². The summed E-state index contributed by atoms with van der Waals surface area (Å²) in [4.78, 5) is 41.4. The largest absolute Gasteiger partial charge is 0.508 e. The number of hydrogen-bond acceptors (Lipinski definition) is 6. The second kappa shape index (κ2) is 13.6. The van der Waals surface area contributed by atoms with E-state index in [9.17, 15) is 19.5 Å². The summed E-state index contributed by atoms with van der Waals surface area (Å²) in [5.74, 6) is -1.08. The van der Waals surface area contributed by atoms with E-state index in [1.54, 1.807) is 45.0 Å². The van der Waals surface area contributed by atoms with Gasteiger partial charge in [-0.1, -0.05) is 49.2 Å². The average molecular weight is 550 g/mol.